The molecule has 0 aromatic rings. The molecule has 0 saturated heterocycles. The van der Waals surface area contributed by atoms with Gasteiger partial charge in [-0.25, -0.2) is 10.6 Å². The van der Waals surface area contributed by atoms with E-state index in [9.17, 15) is 9.59 Å². The fraction of sp³-hybridized carbons (Fsp3) is 0. The van der Waals surface area contributed by atoms with E-state index in [1.807, 2.05) is 0 Å². The molecule has 0 aliphatic carbocycles. The van der Waals surface area contributed by atoms with Crippen LogP contribution >= 0.6 is 0 Å². The molecule has 0 unspecified atom stereocenters. The average Bonchev–Trinajstić information content (AvgIpc) is 1.65. The first-order chi connectivity index (χ1) is 3.18. The lowest BCUT2D eigenvalue weighted by Gasteiger charge is -1.97. The average molecular weight is 102 g/mol. The molecule has 0 bridgehead atoms. The number of hydrazine groups is 1. The number of nitrogens with zero attached hydrogens (tertiary/aromatic N) is 1. The highest BCUT2D eigenvalue weighted by molar-refractivity contribution is 5.82. The molecule has 7 heavy (non-hydrogen) atoms. The van der Waals surface area contributed by atoms with Crippen molar-refractivity contribution < 1.29 is 9.59 Å². The van der Waals surface area contributed by atoms with Gasteiger partial charge in [0.25, 0.3) is 0 Å². The van der Waals surface area contributed by atoms with E-state index in [2.05, 4.69) is 11.6 Å². The molecule has 39 valence electrons. The van der Waals surface area contributed by atoms with Crippen LogP contribution < -0.4 is 11.6 Å². The highest BCUT2D eigenvalue weighted by Gasteiger charge is 1.98. The molecule has 0 spiro atoms. The Morgan fingerprint density at radius 2 is 2.14 bits per heavy atom. The zero-order valence-corrected chi connectivity index (χ0v) is 3.42. The van der Waals surface area contributed by atoms with Gasteiger partial charge in [0.05, 0.1) is 0 Å². The van der Waals surface area contributed by atoms with Crippen molar-refractivity contribution in [2.45, 2.75) is 0 Å². The SMILES string of the molecule is NC(=O)N(N)[C]=O. The highest BCUT2D eigenvalue weighted by Crippen LogP contribution is 1.62. The minimum Gasteiger partial charge on any atom is -0.350 e. The largest absolute Gasteiger partial charge is 0.350 e. The molecule has 3 amide bonds. The standard InChI is InChI=1S/C2H4N3O2/c3-2(7)5(4)1-6/h4H2,(H2,3,7). The summed E-state index contributed by atoms with van der Waals surface area (Å²) < 4.78 is 0. The Bertz CT molecular complexity index is 90.9. The summed E-state index contributed by atoms with van der Waals surface area (Å²) in [5.74, 6) is 4.55. The van der Waals surface area contributed by atoms with Crippen LogP contribution in [-0.2, 0) is 4.79 Å². The number of urea groups is 1. The number of rotatable bonds is 1. The molecule has 4 N–H and O–H groups in total. The fourth-order valence-electron chi connectivity index (χ4n) is 0.0450. The van der Waals surface area contributed by atoms with E-state index in [0.717, 1.165) is 6.41 Å². The molecule has 0 saturated carbocycles. The van der Waals surface area contributed by atoms with Gasteiger partial charge in [-0.05, 0) is 0 Å². The number of primary amides is 1. The predicted octanol–water partition coefficient (Wildman–Crippen LogP) is -1.69. The van der Waals surface area contributed by atoms with Crippen molar-refractivity contribution in [3.05, 3.63) is 0 Å². The van der Waals surface area contributed by atoms with Gasteiger partial charge in [-0.2, -0.15) is 5.01 Å². The van der Waals surface area contributed by atoms with Crippen molar-refractivity contribution in [2.24, 2.45) is 11.6 Å². The molecule has 5 nitrogen and oxygen atoms in total. The van der Waals surface area contributed by atoms with Crippen LogP contribution in [0.15, 0.2) is 0 Å². The maximum Gasteiger partial charge on any atom is 0.336 e. The molecular formula is C2H4N3O2. The smallest absolute Gasteiger partial charge is 0.336 e. The van der Waals surface area contributed by atoms with Crippen LogP contribution in [0, 0.1) is 0 Å². The molecule has 0 aromatic heterocycles. The van der Waals surface area contributed by atoms with Gasteiger partial charge in [-0.3, -0.25) is 4.79 Å². The third kappa shape index (κ3) is 1.72. The Morgan fingerprint density at radius 3 is 2.14 bits per heavy atom. The molecule has 5 heteroatoms. The Labute approximate surface area is 39.8 Å². The van der Waals surface area contributed by atoms with Gasteiger partial charge in [0.1, 0.15) is 0 Å². The molecule has 0 aliphatic heterocycles. The summed E-state index contributed by atoms with van der Waals surface area (Å²) in [6, 6.07) is -1.02. The summed E-state index contributed by atoms with van der Waals surface area (Å²) in [5, 5.41) is 0.125. The quantitative estimate of drug-likeness (QED) is 0.179. The fourth-order valence-corrected chi connectivity index (χ4v) is 0.0450. The number of imide groups is 1. The van der Waals surface area contributed by atoms with E-state index in [0.29, 0.717) is 0 Å². The zero-order chi connectivity index (χ0) is 5.86. The van der Waals surface area contributed by atoms with Gasteiger partial charge in [-0.15, -0.1) is 0 Å². The van der Waals surface area contributed by atoms with Gasteiger partial charge in [0.2, 0.25) is 0 Å². The van der Waals surface area contributed by atoms with E-state index >= 15 is 0 Å². The van der Waals surface area contributed by atoms with Crippen LogP contribution in [0.2, 0.25) is 0 Å². The normalized spacial score (nSPS) is 7.57. The topological polar surface area (TPSA) is 89.4 Å². The number of hydrogen-bond acceptors (Lipinski definition) is 3. The second-order valence-electron chi connectivity index (χ2n) is 0.800. The van der Waals surface area contributed by atoms with Crippen molar-refractivity contribution in [3.8, 4) is 0 Å². The number of hydrogen-bond donors (Lipinski definition) is 2. The summed E-state index contributed by atoms with van der Waals surface area (Å²) in [6.45, 7) is 0. The molecule has 0 atom stereocenters. The van der Waals surface area contributed by atoms with Crippen molar-refractivity contribution >= 4 is 12.4 Å². The predicted molar refractivity (Wildman–Crippen MR) is 21.3 cm³/mol. The van der Waals surface area contributed by atoms with E-state index in [1.54, 1.807) is 0 Å². The van der Waals surface area contributed by atoms with Crippen molar-refractivity contribution in [2.75, 3.05) is 0 Å². The third-order valence-corrected chi connectivity index (χ3v) is 0.336. The van der Waals surface area contributed by atoms with Crippen LogP contribution in [0.1, 0.15) is 0 Å². The first kappa shape index (κ1) is 5.90. The van der Waals surface area contributed by atoms with Gasteiger partial charge < -0.3 is 5.73 Å². The monoisotopic (exact) mass is 102 g/mol. The summed E-state index contributed by atoms with van der Waals surface area (Å²) in [4.78, 5) is 19.0. The zero-order valence-electron chi connectivity index (χ0n) is 3.42. The Hall–Kier alpha value is -1.10. The van der Waals surface area contributed by atoms with Crippen molar-refractivity contribution in [1.29, 1.82) is 0 Å². The van der Waals surface area contributed by atoms with Crippen LogP contribution in [0.3, 0.4) is 0 Å². The lowest BCUT2D eigenvalue weighted by atomic mass is 11.0. The molecule has 0 fully saturated rings. The maximum absolute atomic E-state index is 9.69. The van der Waals surface area contributed by atoms with Gasteiger partial charge in [0.15, 0.2) is 0 Å². The molecule has 1 radical (unpaired) electrons. The molecule has 0 rings (SSSR count). The van der Waals surface area contributed by atoms with Crippen molar-refractivity contribution in [1.82, 2.24) is 5.01 Å². The Balaban J connectivity index is 3.55. The molecular weight excluding hydrogens is 98.0 g/mol. The first-order valence-electron chi connectivity index (χ1n) is 1.40. The number of amides is 3. The van der Waals surface area contributed by atoms with E-state index in [-0.39, 0.29) is 5.01 Å². The lowest BCUT2D eigenvalue weighted by Crippen LogP contribution is -2.39. The summed E-state index contributed by atoms with van der Waals surface area (Å²) in [6.07, 6.45) is 1.05. The molecule has 0 heterocycles. The Morgan fingerprint density at radius 1 is 1.71 bits per heavy atom. The number of carbonyl (C=O) groups is 1. The van der Waals surface area contributed by atoms with E-state index < -0.39 is 6.03 Å². The molecule has 0 aromatic carbocycles. The minimum absolute atomic E-state index is 0.125. The summed E-state index contributed by atoms with van der Waals surface area (Å²) in [5.41, 5.74) is 4.45. The van der Waals surface area contributed by atoms with Gasteiger partial charge >= 0.3 is 12.4 Å². The maximum atomic E-state index is 9.69. The number of carbonyl (C=O) groups excluding carboxylic acids is 2. The number of nitrogens with two attached hydrogens (primary N) is 2. The third-order valence-electron chi connectivity index (χ3n) is 0.336. The molecule has 0 aliphatic rings. The van der Waals surface area contributed by atoms with Crippen LogP contribution in [0.4, 0.5) is 4.79 Å². The van der Waals surface area contributed by atoms with Crippen molar-refractivity contribution in [3.63, 3.8) is 0 Å². The Kier molecular flexibility index (Phi) is 1.80. The van der Waals surface area contributed by atoms with Crippen LogP contribution in [0.5, 0.6) is 0 Å². The van der Waals surface area contributed by atoms with Gasteiger partial charge in [-0.1, -0.05) is 0 Å². The second kappa shape index (κ2) is 2.14. The first-order valence-corrected chi connectivity index (χ1v) is 1.40. The minimum atomic E-state index is -1.02. The van der Waals surface area contributed by atoms with Crippen LogP contribution in [-0.4, -0.2) is 17.5 Å². The van der Waals surface area contributed by atoms with E-state index in [1.165, 1.54) is 0 Å². The van der Waals surface area contributed by atoms with Gasteiger partial charge in [0, 0.05) is 0 Å². The van der Waals surface area contributed by atoms with Crippen LogP contribution in [0.25, 0.3) is 0 Å². The lowest BCUT2D eigenvalue weighted by molar-refractivity contribution is 0.229. The summed E-state index contributed by atoms with van der Waals surface area (Å²) in [7, 11) is 0. The van der Waals surface area contributed by atoms with E-state index in [4.69, 9.17) is 0 Å². The second-order valence-corrected chi connectivity index (χ2v) is 0.800. The highest BCUT2D eigenvalue weighted by atomic mass is 16.2. The summed E-state index contributed by atoms with van der Waals surface area (Å²) >= 11 is 0.